The number of hydrogen-bond donors (Lipinski definition) is 0. The normalized spacial score (nSPS) is 10.3. The monoisotopic (exact) mass is 378 g/mol. The molecule has 6 nitrogen and oxygen atoms in total. The van der Waals surface area contributed by atoms with Crippen LogP contribution in [-0.4, -0.2) is 12.3 Å². The minimum atomic E-state index is -0.914. The van der Waals surface area contributed by atoms with Crippen molar-refractivity contribution >= 4 is 33.9 Å². The standard InChI is InChI=1S/C22H18O6/c1-4-14-10-9-13-17-18(14)20(28-22(24)26-6-3)16-12-8-7-11-15(16)19(17)27-21(23)25-5-2/h5-13H,2-4H2,1H3. The van der Waals surface area contributed by atoms with Gasteiger partial charge < -0.3 is 18.9 Å². The Balaban J connectivity index is 2.37. The molecule has 0 fully saturated rings. The smallest absolute Gasteiger partial charge is 0.403 e. The number of benzene rings is 3. The Morgan fingerprint density at radius 3 is 1.93 bits per heavy atom. The lowest BCUT2D eigenvalue weighted by Gasteiger charge is -2.17. The summed E-state index contributed by atoms with van der Waals surface area (Å²) in [7, 11) is 0. The van der Waals surface area contributed by atoms with Crippen LogP contribution in [0.15, 0.2) is 68.1 Å². The summed E-state index contributed by atoms with van der Waals surface area (Å²) in [5, 5.41) is 2.40. The van der Waals surface area contributed by atoms with Crippen LogP contribution in [0.5, 0.6) is 11.5 Å². The Morgan fingerprint density at radius 1 is 0.821 bits per heavy atom. The van der Waals surface area contributed by atoms with Crippen molar-refractivity contribution in [2.24, 2.45) is 0 Å². The molecule has 3 rings (SSSR count). The summed E-state index contributed by atoms with van der Waals surface area (Å²) in [6.07, 6.45) is 0.831. The van der Waals surface area contributed by atoms with Gasteiger partial charge in [0.25, 0.3) is 0 Å². The lowest BCUT2D eigenvalue weighted by Crippen LogP contribution is -2.10. The van der Waals surface area contributed by atoms with Crippen LogP contribution < -0.4 is 9.47 Å². The molecule has 0 saturated carbocycles. The summed E-state index contributed by atoms with van der Waals surface area (Å²) >= 11 is 0. The van der Waals surface area contributed by atoms with Crippen molar-refractivity contribution in [2.45, 2.75) is 13.3 Å². The molecule has 3 aromatic carbocycles. The maximum absolute atomic E-state index is 12.0. The summed E-state index contributed by atoms with van der Waals surface area (Å²) in [4.78, 5) is 24.0. The molecule has 28 heavy (non-hydrogen) atoms. The quantitative estimate of drug-likeness (QED) is 0.239. The second-order valence-corrected chi connectivity index (χ2v) is 5.67. The molecule has 3 aromatic rings. The van der Waals surface area contributed by atoms with E-state index in [0.717, 1.165) is 18.1 Å². The zero-order valence-electron chi connectivity index (χ0n) is 15.3. The molecular formula is C22H18O6. The molecule has 0 bridgehead atoms. The molecule has 0 aliphatic heterocycles. The molecule has 142 valence electrons. The van der Waals surface area contributed by atoms with Crippen molar-refractivity contribution in [3.8, 4) is 11.5 Å². The van der Waals surface area contributed by atoms with Crippen LogP contribution in [-0.2, 0) is 15.9 Å². The van der Waals surface area contributed by atoms with Gasteiger partial charge in [-0.1, -0.05) is 62.5 Å². The van der Waals surface area contributed by atoms with Crippen LogP contribution in [0.2, 0.25) is 0 Å². The fourth-order valence-electron chi connectivity index (χ4n) is 3.08. The highest BCUT2D eigenvalue weighted by molar-refractivity contribution is 6.13. The van der Waals surface area contributed by atoms with Gasteiger partial charge in [-0.3, -0.25) is 0 Å². The molecule has 0 unspecified atom stereocenters. The number of rotatable bonds is 5. The first-order valence-corrected chi connectivity index (χ1v) is 8.55. The Kier molecular flexibility index (Phi) is 5.60. The number of carbonyl (C=O) groups excluding carboxylic acids is 2. The van der Waals surface area contributed by atoms with Crippen molar-refractivity contribution in [3.63, 3.8) is 0 Å². The maximum Gasteiger partial charge on any atom is 0.518 e. The number of aryl methyl sites for hydroxylation is 1. The van der Waals surface area contributed by atoms with Crippen LogP contribution >= 0.6 is 0 Å². The van der Waals surface area contributed by atoms with Gasteiger partial charge in [-0.15, -0.1) is 0 Å². The van der Waals surface area contributed by atoms with Gasteiger partial charge in [-0.2, -0.15) is 0 Å². The van der Waals surface area contributed by atoms with Crippen molar-refractivity contribution in [1.82, 2.24) is 0 Å². The molecule has 0 aromatic heterocycles. The third kappa shape index (κ3) is 3.53. The fourth-order valence-corrected chi connectivity index (χ4v) is 3.08. The summed E-state index contributed by atoms with van der Waals surface area (Å²) in [6.45, 7) is 8.69. The van der Waals surface area contributed by atoms with E-state index in [9.17, 15) is 9.59 Å². The Labute approximate surface area is 161 Å². The first-order valence-electron chi connectivity index (χ1n) is 8.55. The molecule has 0 N–H and O–H groups in total. The first kappa shape index (κ1) is 19.0. The third-order valence-electron chi connectivity index (χ3n) is 4.15. The van der Waals surface area contributed by atoms with Crippen LogP contribution in [0.1, 0.15) is 12.5 Å². The van der Waals surface area contributed by atoms with Gasteiger partial charge in [0.2, 0.25) is 0 Å². The predicted octanol–water partition coefficient (Wildman–Crippen LogP) is 5.87. The van der Waals surface area contributed by atoms with Gasteiger partial charge in [-0.05, 0) is 12.0 Å². The van der Waals surface area contributed by atoms with E-state index in [1.165, 1.54) is 0 Å². The van der Waals surface area contributed by atoms with Gasteiger partial charge >= 0.3 is 12.3 Å². The van der Waals surface area contributed by atoms with Crippen molar-refractivity contribution in [3.05, 3.63) is 73.7 Å². The summed E-state index contributed by atoms with van der Waals surface area (Å²) in [5.41, 5.74) is 0.909. The molecule has 0 atom stereocenters. The van der Waals surface area contributed by atoms with Crippen LogP contribution in [0.3, 0.4) is 0 Å². The van der Waals surface area contributed by atoms with E-state index in [2.05, 4.69) is 13.2 Å². The third-order valence-corrected chi connectivity index (χ3v) is 4.15. The highest BCUT2D eigenvalue weighted by atomic mass is 16.7. The average Bonchev–Trinajstić information content (AvgIpc) is 2.70. The molecule has 0 heterocycles. The number of ether oxygens (including phenoxy) is 4. The maximum atomic E-state index is 12.0. The van der Waals surface area contributed by atoms with E-state index in [4.69, 9.17) is 18.9 Å². The number of fused-ring (bicyclic) bond motifs is 2. The highest BCUT2D eigenvalue weighted by Crippen LogP contribution is 2.44. The van der Waals surface area contributed by atoms with E-state index in [-0.39, 0.29) is 0 Å². The zero-order valence-corrected chi connectivity index (χ0v) is 15.3. The van der Waals surface area contributed by atoms with Gasteiger partial charge in [0.05, 0.1) is 12.5 Å². The van der Waals surface area contributed by atoms with Gasteiger partial charge in [0, 0.05) is 21.5 Å². The van der Waals surface area contributed by atoms with E-state index < -0.39 is 12.3 Å². The number of carbonyl (C=O) groups is 2. The topological polar surface area (TPSA) is 71.1 Å². The summed E-state index contributed by atoms with van der Waals surface area (Å²) in [5.74, 6) is 0.622. The van der Waals surface area contributed by atoms with Gasteiger partial charge in [-0.25, -0.2) is 9.59 Å². The van der Waals surface area contributed by atoms with Gasteiger partial charge in [0.15, 0.2) is 5.75 Å². The SMILES string of the molecule is C=COC(=O)Oc1c2ccccc2c(OC(=O)OC=C)c2c(CC)cccc12. The second-order valence-electron chi connectivity index (χ2n) is 5.67. The zero-order chi connectivity index (χ0) is 20.1. The molecule has 0 aliphatic rings. The second kappa shape index (κ2) is 8.26. The van der Waals surface area contributed by atoms with Crippen LogP contribution in [0.4, 0.5) is 9.59 Å². The van der Waals surface area contributed by atoms with E-state index in [1.807, 2.05) is 19.1 Å². The first-order chi connectivity index (χ1) is 13.6. The predicted molar refractivity (Wildman–Crippen MR) is 105 cm³/mol. The van der Waals surface area contributed by atoms with Crippen molar-refractivity contribution < 1.29 is 28.5 Å². The fraction of sp³-hybridized carbons (Fsp3) is 0.0909. The van der Waals surface area contributed by atoms with E-state index in [0.29, 0.717) is 39.5 Å². The lowest BCUT2D eigenvalue weighted by molar-refractivity contribution is 0.135. The molecule has 0 aliphatic carbocycles. The van der Waals surface area contributed by atoms with Crippen molar-refractivity contribution in [2.75, 3.05) is 0 Å². The summed E-state index contributed by atoms with van der Waals surface area (Å²) < 4.78 is 20.4. The summed E-state index contributed by atoms with van der Waals surface area (Å²) in [6, 6.07) is 12.6. The Morgan fingerprint density at radius 2 is 1.36 bits per heavy atom. The molecular weight excluding hydrogens is 360 g/mol. The van der Waals surface area contributed by atoms with E-state index >= 15 is 0 Å². The molecule has 0 spiro atoms. The van der Waals surface area contributed by atoms with Gasteiger partial charge in [0.1, 0.15) is 5.75 Å². The number of hydrogen-bond acceptors (Lipinski definition) is 6. The lowest BCUT2D eigenvalue weighted by atomic mass is 9.96. The minimum Gasteiger partial charge on any atom is -0.403 e. The van der Waals surface area contributed by atoms with Crippen LogP contribution in [0.25, 0.3) is 21.5 Å². The average molecular weight is 378 g/mol. The molecule has 0 saturated heterocycles. The molecule has 0 radical (unpaired) electrons. The molecule has 6 heteroatoms. The Hall–Kier alpha value is -3.80. The van der Waals surface area contributed by atoms with Crippen molar-refractivity contribution in [1.29, 1.82) is 0 Å². The highest BCUT2D eigenvalue weighted by Gasteiger charge is 2.22. The Bertz CT molecular complexity index is 1080. The minimum absolute atomic E-state index is 0.303. The largest absolute Gasteiger partial charge is 0.518 e. The molecule has 0 amide bonds. The van der Waals surface area contributed by atoms with Crippen LogP contribution in [0, 0.1) is 0 Å². The van der Waals surface area contributed by atoms with E-state index in [1.54, 1.807) is 30.3 Å².